The molecule has 0 spiro atoms. The molecule has 0 saturated carbocycles. The van der Waals surface area contributed by atoms with Crippen LogP contribution < -0.4 is 5.32 Å². The van der Waals surface area contributed by atoms with E-state index in [4.69, 9.17) is 0 Å². The molecule has 134 valence electrons. The number of nitrogens with one attached hydrogen (secondary N) is 1. The summed E-state index contributed by atoms with van der Waals surface area (Å²) in [5, 5.41) is 12.9. The topological polar surface area (TPSA) is 52.9 Å². The first-order chi connectivity index (χ1) is 12.1. The van der Waals surface area contributed by atoms with Crippen molar-refractivity contribution < 1.29 is 4.79 Å². The van der Waals surface area contributed by atoms with Crippen LogP contribution in [-0.2, 0) is 0 Å². The van der Waals surface area contributed by atoms with Crippen LogP contribution in [0.3, 0.4) is 0 Å². The average molecular weight is 346 g/mol. The lowest BCUT2D eigenvalue weighted by Crippen LogP contribution is -2.31. The summed E-state index contributed by atoms with van der Waals surface area (Å²) in [4.78, 5) is 12.9. The standard InChI is InChI=1S/C23H26N2O/c1-15-11-16(2)13-18(12-15)20(14-24)21(23(4,5)6)25-22(26)19-10-8-7-9-17(19)3/h7-13H,1-6H3,(H,25,26)/b21-20-. The number of carbonyl (C=O) groups excluding carboxylic acids is 1. The number of allylic oxidation sites excluding steroid dienone is 2. The van der Waals surface area contributed by atoms with Crippen LogP contribution in [0, 0.1) is 37.5 Å². The van der Waals surface area contributed by atoms with E-state index in [9.17, 15) is 10.1 Å². The van der Waals surface area contributed by atoms with Gasteiger partial charge in [0, 0.05) is 16.7 Å². The molecule has 2 aromatic rings. The number of nitrogens with zero attached hydrogens (tertiary/aromatic N) is 1. The van der Waals surface area contributed by atoms with Crippen molar-refractivity contribution in [2.24, 2.45) is 5.41 Å². The molecule has 0 saturated heterocycles. The second kappa shape index (κ2) is 7.58. The molecular weight excluding hydrogens is 320 g/mol. The van der Waals surface area contributed by atoms with Crippen molar-refractivity contribution in [2.45, 2.75) is 41.5 Å². The maximum absolute atomic E-state index is 12.9. The van der Waals surface area contributed by atoms with Crippen molar-refractivity contribution in [1.29, 1.82) is 5.26 Å². The summed E-state index contributed by atoms with van der Waals surface area (Å²) in [5.41, 5.74) is 5.29. The molecule has 0 fully saturated rings. The van der Waals surface area contributed by atoms with Crippen LogP contribution >= 0.6 is 0 Å². The molecule has 1 N–H and O–H groups in total. The number of nitriles is 1. The van der Waals surface area contributed by atoms with Crippen LogP contribution in [0.1, 0.15) is 53.4 Å². The number of aryl methyl sites for hydroxylation is 3. The highest BCUT2D eigenvalue weighted by Gasteiger charge is 2.25. The molecule has 0 aliphatic rings. The Morgan fingerprint density at radius 3 is 2.08 bits per heavy atom. The van der Waals surface area contributed by atoms with Gasteiger partial charge in [0.15, 0.2) is 0 Å². The van der Waals surface area contributed by atoms with Crippen molar-refractivity contribution >= 4 is 11.5 Å². The quantitative estimate of drug-likeness (QED) is 0.764. The minimum atomic E-state index is -0.388. The molecule has 3 nitrogen and oxygen atoms in total. The monoisotopic (exact) mass is 346 g/mol. The normalized spacial score (nSPS) is 12.2. The van der Waals surface area contributed by atoms with Crippen LogP contribution in [0.2, 0.25) is 0 Å². The fourth-order valence-corrected chi connectivity index (χ4v) is 3.02. The van der Waals surface area contributed by atoms with Gasteiger partial charge >= 0.3 is 0 Å². The highest BCUT2D eigenvalue weighted by atomic mass is 16.1. The summed E-state index contributed by atoms with van der Waals surface area (Å²) in [6.45, 7) is 11.9. The Hall–Kier alpha value is -2.86. The van der Waals surface area contributed by atoms with Crippen LogP contribution in [0.15, 0.2) is 48.2 Å². The van der Waals surface area contributed by atoms with Crippen LogP contribution in [0.25, 0.3) is 5.57 Å². The van der Waals surface area contributed by atoms with Crippen molar-refractivity contribution in [1.82, 2.24) is 5.32 Å². The Labute approximate surface area is 156 Å². The van der Waals surface area contributed by atoms with Gasteiger partial charge in [-0.1, -0.05) is 68.3 Å². The van der Waals surface area contributed by atoms with E-state index in [-0.39, 0.29) is 11.3 Å². The maximum atomic E-state index is 12.9. The first kappa shape index (κ1) is 19.5. The first-order valence-corrected chi connectivity index (χ1v) is 8.74. The minimum absolute atomic E-state index is 0.190. The Balaban J connectivity index is 2.59. The van der Waals surface area contributed by atoms with Gasteiger partial charge in [0.05, 0.1) is 5.57 Å². The third-order valence-corrected chi connectivity index (χ3v) is 4.25. The molecule has 0 aliphatic heterocycles. The van der Waals surface area contributed by atoms with Crippen molar-refractivity contribution in [3.8, 4) is 6.07 Å². The molecule has 3 heteroatoms. The van der Waals surface area contributed by atoms with Gasteiger partial charge < -0.3 is 5.32 Å². The minimum Gasteiger partial charge on any atom is -0.324 e. The number of carbonyl (C=O) groups is 1. The van der Waals surface area contributed by atoms with E-state index in [0.717, 1.165) is 22.3 Å². The third-order valence-electron chi connectivity index (χ3n) is 4.25. The number of rotatable bonds is 3. The molecule has 0 bridgehead atoms. The fraction of sp³-hybridized carbons (Fsp3) is 0.304. The lowest BCUT2D eigenvalue weighted by molar-refractivity contribution is 0.0957. The lowest BCUT2D eigenvalue weighted by atomic mass is 9.86. The number of hydrogen-bond donors (Lipinski definition) is 1. The van der Waals surface area contributed by atoms with Crippen molar-refractivity contribution in [3.63, 3.8) is 0 Å². The average Bonchev–Trinajstić information content (AvgIpc) is 2.53. The zero-order chi connectivity index (χ0) is 19.5. The van der Waals surface area contributed by atoms with Crippen LogP contribution in [-0.4, -0.2) is 5.91 Å². The molecule has 26 heavy (non-hydrogen) atoms. The summed E-state index contributed by atoms with van der Waals surface area (Å²) in [7, 11) is 0. The fourth-order valence-electron chi connectivity index (χ4n) is 3.02. The molecule has 1 amide bonds. The Kier molecular flexibility index (Phi) is 5.67. The van der Waals surface area contributed by atoms with Gasteiger partial charge in [-0.05, 0) is 38.0 Å². The van der Waals surface area contributed by atoms with E-state index >= 15 is 0 Å². The van der Waals surface area contributed by atoms with E-state index in [1.165, 1.54) is 0 Å². The molecule has 0 aliphatic carbocycles. The van der Waals surface area contributed by atoms with Gasteiger partial charge in [-0.25, -0.2) is 0 Å². The Morgan fingerprint density at radius 2 is 1.58 bits per heavy atom. The Morgan fingerprint density at radius 1 is 1.00 bits per heavy atom. The van der Waals surface area contributed by atoms with E-state index in [1.807, 2.05) is 71.9 Å². The largest absolute Gasteiger partial charge is 0.324 e. The van der Waals surface area contributed by atoms with E-state index in [0.29, 0.717) is 16.8 Å². The zero-order valence-corrected chi connectivity index (χ0v) is 16.4. The summed E-state index contributed by atoms with van der Waals surface area (Å²) in [6, 6.07) is 15.8. The molecule has 0 unspecified atom stereocenters. The summed E-state index contributed by atoms with van der Waals surface area (Å²) in [5.74, 6) is -0.190. The van der Waals surface area contributed by atoms with Gasteiger partial charge in [-0.15, -0.1) is 0 Å². The second-order valence-electron chi connectivity index (χ2n) is 7.76. The molecule has 0 radical (unpaired) electrons. The van der Waals surface area contributed by atoms with Gasteiger partial charge in [-0.3, -0.25) is 4.79 Å². The van der Waals surface area contributed by atoms with Gasteiger partial charge in [0.2, 0.25) is 0 Å². The summed E-state index contributed by atoms with van der Waals surface area (Å²) in [6.07, 6.45) is 0. The van der Waals surface area contributed by atoms with Crippen molar-refractivity contribution in [3.05, 3.63) is 76.0 Å². The summed E-state index contributed by atoms with van der Waals surface area (Å²) < 4.78 is 0. The highest BCUT2D eigenvalue weighted by Crippen LogP contribution is 2.31. The van der Waals surface area contributed by atoms with Crippen LogP contribution in [0.4, 0.5) is 0 Å². The van der Waals surface area contributed by atoms with Crippen LogP contribution in [0.5, 0.6) is 0 Å². The lowest BCUT2D eigenvalue weighted by Gasteiger charge is -2.26. The summed E-state index contributed by atoms with van der Waals surface area (Å²) >= 11 is 0. The zero-order valence-electron chi connectivity index (χ0n) is 16.4. The molecule has 0 atom stereocenters. The molecule has 0 heterocycles. The number of amides is 1. The van der Waals surface area contributed by atoms with Gasteiger partial charge in [0.25, 0.3) is 5.91 Å². The van der Waals surface area contributed by atoms with Gasteiger partial charge in [0.1, 0.15) is 6.07 Å². The predicted molar refractivity (Wildman–Crippen MR) is 107 cm³/mol. The third kappa shape index (κ3) is 4.40. The highest BCUT2D eigenvalue weighted by molar-refractivity contribution is 5.98. The number of benzene rings is 2. The van der Waals surface area contributed by atoms with E-state index in [1.54, 1.807) is 6.07 Å². The first-order valence-electron chi connectivity index (χ1n) is 8.74. The predicted octanol–water partition coefficient (Wildman–Crippen LogP) is 5.32. The second-order valence-corrected chi connectivity index (χ2v) is 7.76. The smallest absolute Gasteiger partial charge is 0.255 e. The van der Waals surface area contributed by atoms with Gasteiger partial charge in [-0.2, -0.15) is 5.26 Å². The molecule has 0 aromatic heterocycles. The molecule has 2 aromatic carbocycles. The maximum Gasteiger partial charge on any atom is 0.255 e. The molecular formula is C23H26N2O. The van der Waals surface area contributed by atoms with Crippen molar-refractivity contribution in [2.75, 3.05) is 0 Å². The number of hydrogen-bond acceptors (Lipinski definition) is 2. The molecule has 2 rings (SSSR count). The Bertz CT molecular complexity index is 888. The SMILES string of the molecule is Cc1cc(C)cc(/C(C#N)=C(\NC(=O)c2ccccc2C)C(C)(C)C)c1. The van der Waals surface area contributed by atoms with E-state index in [2.05, 4.69) is 17.5 Å². The van der Waals surface area contributed by atoms with E-state index < -0.39 is 0 Å².